The van der Waals surface area contributed by atoms with Crippen molar-refractivity contribution in [3.63, 3.8) is 0 Å². The smallest absolute Gasteiger partial charge is 0.387 e. The van der Waals surface area contributed by atoms with Crippen molar-refractivity contribution in [1.29, 1.82) is 0 Å². The van der Waals surface area contributed by atoms with E-state index >= 15 is 0 Å². The largest absolute Gasteiger partial charge is 0.484 e. The van der Waals surface area contributed by atoms with Crippen molar-refractivity contribution in [3.05, 3.63) is 108 Å². The number of anilines is 2. The van der Waals surface area contributed by atoms with Gasteiger partial charge >= 0.3 is 6.61 Å². The fraction of sp³-hybridized carbons (Fsp3) is 0.167. The highest BCUT2D eigenvalue weighted by Crippen LogP contribution is 2.38. The number of nitrogens with zero attached hydrogens (tertiary/aromatic N) is 2. The molecule has 1 aliphatic heterocycles. The monoisotopic (exact) mass is 645 g/mol. The first-order valence-electron chi connectivity index (χ1n) is 13.2. The Morgan fingerprint density at radius 1 is 0.933 bits per heavy atom. The molecule has 45 heavy (non-hydrogen) atoms. The summed E-state index contributed by atoms with van der Waals surface area (Å²) in [4.78, 5) is 31.0. The number of nitrogens with one attached hydrogen (secondary N) is 1. The van der Waals surface area contributed by atoms with Crippen LogP contribution in [0.3, 0.4) is 0 Å². The molecule has 0 aliphatic carbocycles. The van der Waals surface area contributed by atoms with E-state index < -0.39 is 51.1 Å². The molecule has 1 saturated heterocycles. The minimum atomic E-state index is -4.56. The summed E-state index contributed by atoms with van der Waals surface area (Å²) in [5, 5.41) is 0. The molecule has 3 aromatic carbocycles. The molecule has 2 amide bonds. The average Bonchev–Trinajstić information content (AvgIpc) is 3.53. The fourth-order valence-corrected chi connectivity index (χ4v) is 5.34. The number of sulfonamides is 1. The zero-order valence-corrected chi connectivity index (χ0v) is 23.8. The van der Waals surface area contributed by atoms with Crippen molar-refractivity contribution < 1.29 is 49.8 Å². The molecule has 0 spiro atoms. The maximum atomic E-state index is 13.7. The summed E-state index contributed by atoms with van der Waals surface area (Å²) in [6.07, 6.45) is 2.85. The SMILES string of the molecule is O=C(NS(=O)(=O)c1ccc(F)c(F)c1)c1ccc(N(C(=O)c2cccnc2)c2ccc(OC(F)F)c(O[C@@H]3CCOC3)c2)cc1. The van der Waals surface area contributed by atoms with Gasteiger partial charge in [-0.3, -0.25) is 19.5 Å². The van der Waals surface area contributed by atoms with Crippen molar-refractivity contribution in [2.24, 2.45) is 0 Å². The van der Waals surface area contributed by atoms with Gasteiger partial charge in [0.05, 0.1) is 29.4 Å². The van der Waals surface area contributed by atoms with Gasteiger partial charge in [0.15, 0.2) is 23.1 Å². The zero-order chi connectivity index (χ0) is 32.1. The van der Waals surface area contributed by atoms with Crippen molar-refractivity contribution in [3.8, 4) is 11.5 Å². The number of carbonyl (C=O) groups excluding carboxylic acids is 2. The van der Waals surface area contributed by atoms with Crippen LogP contribution < -0.4 is 19.1 Å². The number of alkyl halides is 2. The molecule has 2 heterocycles. The first kappa shape index (κ1) is 31.4. The lowest BCUT2D eigenvalue weighted by atomic mass is 10.1. The fourth-order valence-electron chi connectivity index (χ4n) is 4.35. The third-order valence-corrected chi connectivity index (χ3v) is 7.84. The van der Waals surface area contributed by atoms with Gasteiger partial charge in [0.25, 0.3) is 21.8 Å². The van der Waals surface area contributed by atoms with Gasteiger partial charge in [-0.1, -0.05) is 0 Å². The molecule has 1 N–H and O–H groups in total. The predicted molar refractivity (Wildman–Crippen MR) is 151 cm³/mol. The standard InChI is InChI=1S/C30H23F4N3O7S/c31-24-9-8-23(15-25(24)32)45(40,41)36-28(38)18-3-5-20(6-4-18)37(29(39)19-2-1-12-35-16-19)21-7-10-26(44-30(33)34)27(14-21)43-22-11-13-42-17-22/h1-10,12,14-16,22,30H,11,13,17H2,(H,36,38)/t22-/m1/s1. The molecular weight excluding hydrogens is 622 g/mol. The highest BCUT2D eigenvalue weighted by Gasteiger charge is 2.26. The van der Waals surface area contributed by atoms with Crippen molar-refractivity contribution >= 4 is 33.2 Å². The molecule has 5 rings (SSSR count). The van der Waals surface area contributed by atoms with Gasteiger partial charge in [0.1, 0.15) is 6.10 Å². The van der Waals surface area contributed by atoms with Crippen LogP contribution in [-0.4, -0.2) is 51.1 Å². The Morgan fingerprint density at radius 3 is 2.33 bits per heavy atom. The van der Waals surface area contributed by atoms with Crippen LogP contribution >= 0.6 is 0 Å². The van der Waals surface area contributed by atoms with Crippen molar-refractivity contribution in [2.75, 3.05) is 18.1 Å². The minimum absolute atomic E-state index is 0.0641. The third-order valence-electron chi connectivity index (χ3n) is 6.51. The lowest BCUT2D eigenvalue weighted by Crippen LogP contribution is -2.31. The number of hydrogen-bond acceptors (Lipinski definition) is 8. The number of rotatable bonds is 10. The lowest BCUT2D eigenvalue weighted by molar-refractivity contribution is -0.0521. The first-order chi connectivity index (χ1) is 21.5. The van der Waals surface area contributed by atoms with Crippen LogP contribution in [0.25, 0.3) is 0 Å². The van der Waals surface area contributed by atoms with E-state index in [4.69, 9.17) is 9.47 Å². The normalized spacial score (nSPS) is 14.6. The quantitative estimate of drug-likeness (QED) is 0.233. The molecule has 15 heteroatoms. The van der Waals surface area contributed by atoms with Gasteiger partial charge in [-0.2, -0.15) is 8.78 Å². The van der Waals surface area contributed by atoms with Crippen LogP contribution in [0, 0.1) is 11.6 Å². The zero-order valence-electron chi connectivity index (χ0n) is 23.0. The maximum absolute atomic E-state index is 13.7. The van der Waals surface area contributed by atoms with Crippen molar-refractivity contribution in [1.82, 2.24) is 9.71 Å². The number of hydrogen-bond donors (Lipinski definition) is 1. The van der Waals surface area contributed by atoms with E-state index in [1.807, 2.05) is 0 Å². The van der Waals surface area contributed by atoms with Crippen LogP contribution in [0.2, 0.25) is 0 Å². The Labute approximate surface area is 254 Å². The Balaban J connectivity index is 1.47. The molecular formula is C30H23F4N3O7S. The van der Waals surface area contributed by atoms with Crippen LogP contribution in [-0.2, 0) is 14.8 Å². The van der Waals surface area contributed by atoms with Gasteiger partial charge in [-0.15, -0.1) is 0 Å². The van der Waals surface area contributed by atoms with E-state index in [1.54, 1.807) is 10.8 Å². The summed E-state index contributed by atoms with van der Waals surface area (Å²) in [6, 6.07) is 14.0. The van der Waals surface area contributed by atoms with E-state index in [0.717, 1.165) is 6.07 Å². The van der Waals surface area contributed by atoms with Crippen LogP contribution in [0.1, 0.15) is 27.1 Å². The number of carbonyl (C=O) groups is 2. The number of aromatic nitrogens is 1. The van der Waals surface area contributed by atoms with Crippen LogP contribution in [0.5, 0.6) is 11.5 Å². The van der Waals surface area contributed by atoms with Crippen molar-refractivity contribution in [2.45, 2.75) is 24.0 Å². The topological polar surface area (TPSA) is 124 Å². The lowest BCUT2D eigenvalue weighted by Gasteiger charge is -2.25. The summed E-state index contributed by atoms with van der Waals surface area (Å²) in [5.74, 6) is -4.66. The molecule has 0 radical (unpaired) electrons. The molecule has 1 aromatic heterocycles. The minimum Gasteiger partial charge on any atom is -0.484 e. The second-order valence-corrected chi connectivity index (χ2v) is 11.2. The van der Waals surface area contributed by atoms with Crippen LogP contribution in [0.4, 0.5) is 28.9 Å². The van der Waals surface area contributed by atoms with Gasteiger partial charge in [0.2, 0.25) is 0 Å². The highest BCUT2D eigenvalue weighted by molar-refractivity contribution is 7.90. The van der Waals surface area contributed by atoms with Gasteiger partial charge in [-0.25, -0.2) is 21.9 Å². The molecule has 1 fully saturated rings. The summed E-state index contributed by atoms with van der Waals surface area (Å²) in [5.41, 5.74) is 0.389. The Bertz CT molecular complexity index is 1800. The number of ether oxygens (including phenoxy) is 3. The van der Waals surface area contributed by atoms with E-state index in [0.29, 0.717) is 25.2 Å². The third kappa shape index (κ3) is 7.38. The molecule has 4 aromatic rings. The van der Waals surface area contributed by atoms with Gasteiger partial charge in [-0.05, 0) is 66.7 Å². The number of benzene rings is 3. The van der Waals surface area contributed by atoms with Gasteiger partial charge in [0, 0.05) is 36.1 Å². The highest BCUT2D eigenvalue weighted by atomic mass is 32.2. The molecule has 1 aliphatic rings. The first-order valence-corrected chi connectivity index (χ1v) is 14.7. The summed E-state index contributed by atoms with van der Waals surface area (Å²) >= 11 is 0. The molecule has 10 nitrogen and oxygen atoms in total. The molecule has 0 bridgehead atoms. The number of pyridine rings is 1. The van der Waals surface area contributed by atoms with E-state index in [1.165, 1.54) is 65.8 Å². The number of halogens is 4. The number of amides is 2. The second-order valence-electron chi connectivity index (χ2n) is 9.55. The summed E-state index contributed by atoms with van der Waals surface area (Å²) in [7, 11) is -4.56. The predicted octanol–water partition coefficient (Wildman–Crippen LogP) is 5.23. The maximum Gasteiger partial charge on any atom is 0.387 e. The van der Waals surface area contributed by atoms with E-state index in [2.05, 4.69) is 9.72 Å². The summed E-state index contributed by atoms with van der Waals surface area (Å²) in [6.45, 7) is -2.49. The Hall–Kier alpha value is -5.02. The molecule has 234 valence electrons. The van der Waals surface area contributed by atoms with E-state index in [9.17, 15) is 35.6 Å². The molecule has 0 unspecified atom stereocenters. The molecule has 1 atom stereocenters. The second kappa shape index (κ2) is 13.3. The van der Waals surface area contributed by atoms with E-state index in [-0.39, 0.29) is 40.6 Å². The Kier molecular flexibility index (Phi) is 9.29. The summed E-state index contributed by atoms with van der Waals surface area (Å²) < 4.78 is 95.9. The Morgan fingerprint density at radius 2 is 1.69 bits per heavy atom. The van der Waals surface area contributed by atoms with Crippen LogP contribution in [0.15, 0.2) is 90.1 Å². The van der Waals surface area contributed by atoms with Gasteiger partial charge < -0.3 is 14.2 Å². The molecule has 0 saturated carbocycles. The average molecular weight is 646 g/mol.